The number of hydrogen-bond acceptors (Lipinski definition) is 5. The van der Waals surface area contributed by atoms with Crippen molar-refractivity contribution in [3.63, 3.8) is 0 Å². The number of carbonyl (C=O) groups is 1. The minimum Gasteiger partial charge on any atom is -0.353 e. The van der Waals surface area contributed by atoms with Crippen molar-refractivity contribution in [3.05, 3.63) is 78.4 Å². The summed E-state index contributed by atoms with van der Waals surface area (Å²) in [7, 11) is 0. The number of hydrogen-bond donors (Lipinski definition) is 4. The van der Waals surface area contributed by atoms with E-state index in [1.807, 2.05) is 18.3 Å². The Morgan fingerprint density at radius 1 is 0.949 bits per heavy atom. The van der Waals surface area contributed by atoms with Crippen molar-refractivity contribution < 1.29 is 4.79 Å². The van der Waals surface area contributed by atoms with Crippen molar-refractivity contribution >= 4 is 44.7 Å². The molecule has 194 valence electrons. The van der Waals surface area contributed by atoms with E-state index in [9.17, 15) is 4.79 Å². The van der Waals surface area contributed by atoms with Gasteiger partial charge in [-0.3, -0.25) is 14.9 Å². The van der Waals surface area contributed by atoms with E-state index in [4.69, 9.17) is 0 Å². The number of anilines is 1. The van der Waals surface area contributed by atoms with Crippen LogP contribution in [0.1, 0.15) is 19.3 Å². The van der Waals surface area contributed by atoms with Gasteiger partial charge < -0.3 is 15.6 Å². The second kappa shape index (κ2) is 10.1. The third-order valence-electron chi connectivity index (χ3n) is 7.56. The van der Waals surface area contributed by atoms with Crippen molar-refractivity contribution in [1.82, 2.24) is 25.5 Å². The molecule has 4 N–H and O–H groups in total. The molecule has 1 amide bonds. The highest BCUT2D eigenvalue weighted by atomic mass is 32.1. The first-order valence-electron chi connectivity index (χ1n) is 13.3. The average Bonchev–Trinajstić information content (AvgIpc) is 3.73. The number of rotatable bonds is 6. The van der Waals surface area contributed by atoms with Crippen LogP contribution in [0.4, 0.5) is 5.69 Å². The normalized spacial score (nSPS) is 14.3. The molecule has 4 aromatic heterocycles. The predicted molar refractivity (Wildman–Crippen MR) is 159 cm³/mol. The standard InChI is InChI=1S/C31H28N6OS/c38-30(13-19-8-10-32-11-9-19)34-22-14-21(17-33-18-22)20-6-7-27-25(15-20)31(37-36-27)28-16-24-23(29-5-2-12-39-29)3-1-4-26(24)35-28/h1-7,12,14-19,32,35H,8-11,13H2,(H,34,38)(H,36,37). The number of nitrogens with zero attached hydrogens (tertiary/aromatic N) is 2. The molecule has 0 aliphatic carbocycles. The molecule has 39 heavy (non-hydrogen) atoms. The van der Waals surface area contributed by atoms with Gasteiger partial charge >= 0.3 is 0 Å². The molecule has 0 radical (unpaired) electrons. The topological polar surface area (TPSA) is 98.5 Å². The summed E-state index contributed by atoms with van der Waals surface area (Å²) in [6.45, 7) is 1.98. The monoisotopic (exact) mass is 532 g/mol. The molecule has 0 saturated carbocycles. The fourth-order valence-corrected chi connectivity index (χ4v) is 6.32. The lowest BCUT2D eigenvalue weighted by molar-refractivity contribution is -0.117. The summed E-state index contributed by atoms with van der Waals surface area (Å²) in [5.41, 5.74) is 7.79. The first kappa shape index (κ1) is 23.8. The molecule has 0 atom stereocenters. The Balaban J connectivity index is 1.19. The molecule has 2 aromatic carbocycles. The molecular formula is C31H28N6OS. The molecule has 1 fully saturated rings. The maximum Gasteiger partial charge on any atom is 0.224 e. The van der Waals surface area contributed by atoms with Gasteiger partial charge in [-0.05, 0) is 79.2 Å². The zero-order chi connectivity index (χ0) is 26.2. The molecule has 1 aliphatic rings. The zero-order valence-electron chi connectivity index (χ0n) is 21.3. The summed E-state index contributed by atoms with van der Waals surface area (Å²) in [5, 5.41) is 18.6. The molecule has 8 heteroatoms. The summed E-state index contributed by atoms with van der Waals surface area (Å²) in [4.78, 5) is 21.9. The Labute approximate surface area is 229 Å². The van der Waals surface area contributed by atoms with Crippen LogP contribution in [0.25, 0.3) is 54.8 Å². The minimum atomic E-state index is 0.0501. The van der Waals surface area contributed by atoms with Crippen LogP contribution in [0, 0.1) is 5.92 Å². The lowest BCUT2D eigenvalue weighted by atomic mass is 9.94. The Kier molecular flexibility index (Phi) is 6.19. The van der Waals surface area contributed by atoms with Gasteiger partial charge in [0.1, 0.15) is 5.69 Å². The number of benzene rings is 2. The van der Waals surface area contributed by atoms with E-state index in [2.05, 4.69) is 84.7 Å². The van der Waals surface area contributed by atoms with Gasteiger partial charge in [-0.1, -0.05) is 24.3 Å². The van der Waals surface area contributed by atoms with Gasteiger partial charge in [-0.15, -0.1) is 11.3 Å². The minimum absolute atomic E-state index is 0.0501. The van der Waals surface area contributed by atoms with E-state index in [1.54, 1.807) is 17.5 Å². The van der Waals surface area contributed by atoms with Crippen LogP contribution in [0.3, 0.4) is 0 Å². The summed E-state index contributed by atoms with van der Waals surface area (Å²) in [6, 6.07) is 21.0. The van der Waals surface area contributed by atoms with Gasteiger partial charge in [0.2, 0.25) is 5.91 Å². The third-order valence-corrected chi connectivity index (χ3v) is 8.46. The maximum absolute atomic E-state index is 12.7. The second-order valence-corrected chi connectivity index (χ2v) is 11.1. The largest absolute Gasteiger partial charge is 0.353 e. The quantitative estimate of drug-likeness (QED) is 0.189. The number of H-pyrrole nitrogens is 2. The predicted octanol–water partition coefficient (Wildman–Crippen LogP) is 6.83. The van der Waals surface area contributed by atoms with Crippen LogP contribution in [-0.4, -0.2) is 39.2 Å². The van der Waals surface area contributed by atoms with E-state index in [1.165, 1.54) is 15.8 Å². The highest BCUT2D eigenvalue weighted by molar-refractivity contribution is 7.13. The van der Waals surface area contributed by atoms with E-state index < -0.39 is 0 Å². The molecule has 1 saturated heterocycles. The van der Waals surface area contributed by atoms with Crippen LogP contribution in [0.2, 0.25) is 0 Å². The average molecular weight is 533 g/mol. The number of aromatic amines is 2. The molecule has 7 nitrogen and oxygen atoms in total. The Bertz CT molecular complexity index is 1780. The number of piperidine rings is 1. The number of nitrogens with one attached hydrogen (secondary N) is 4. The lowest BCUT2D eigenvalue weighted by Crippen LogP contribution is -2.30. The lowest BCUT2D eigenvalue weighted by Gasteiger charge is -2.21. The van der Waals surface area contributed by atoms with Crippen molar-refractivity contribution in [1.29, 1.82) is 0 Å². The Morgan fingerprint density at radius 2 is 1.87 bits per heavy atom. The molecule has 7 rings (SSSR count). The second-order valence-electron chi connectivity index (χ2n) is 10.2. The number of pyridine rings is 1. The highest BCUT2D eigenvalue weighted by Crippen LogP contribution is 2.36. The number of carbonyl (C=O) groups excluding carboxylic acids is 1. The fourth-order valence-electron chi connectivity index (χ4n) is 5.55. The molecule has 6 aromatic rings. The van der Waals surface area contributed by atoms with E-state index in [0.29, 0.717) is 12.3 Å². The van der Waals surface area contributed by atoms with Gasteiger partial charge in [0, 0.05) is 44.9 Å². The molecule has 5 heterocycles. The third kappa shape index (κ3) is 4.73. The maximum atomic E-state index is 12.7. The van der Waals surface area contributed by atoms with E-state index >= 15 is 0 Å². The summed E-state index contributed by atoms with van der Waals surface area (Å²) in [5.74, 6) is 0.490. The molecule has 0 bridgehead atoms. The SMILES string of the molecule is O=C(CC1CCNCC1)Nc1cncc(-c2ccc3[nH]nc(-c4cc5c(-c6cccs6)cccc5[nH]4)c3c2)c1. The van der Waals surface area contributed by atoms with Gasteiger partial charge in [0.15, 0.2) is 0 Å². The van der Waals surface area contributed by atoms with Crippen LogP contribution in [-0.2, 0) is 4.79 Å². The van der Waals surface area contributed by atoms with E-state index in [0.717, 1.165) is 70.6 Å². The number of amides is 1. The first-order valence-corrected chi connectivity index (χ1v) is 14.2. The van der Waals surface area contributed by atoms with Crippen LogP contribution in [0.15, 0.2) is 78.4 Å². The smallest absolute Gasteiger partial charge is 0.224 e. The first-order chi connectivity index (χ1) is 19.2. The number of thiophene rings is 1. The van der Waals surface area contributed by atoms with Crippen molar-refractivity contribution in [2.75, 3.05) is 18.4 Å². The zero-order valence-corrected chi connectivity index (χ0v) is 22.1. The van der Waals surface area contributed by atoms with E-state index in [-0.39, 0.29) is 5.91 Å². The number of fused-ring (bicyclic) bond motifs is 2. The van der Waals surface area contributed by atoms with Crippen molar-refractivity contribution in [3.8, 4) is 33.0 Å². The summed E-state index contributed by atoms with van der Waals surface area (Å²) < 4.78 is 0. The molecule has 0 spiro atoms. The molecule has 0 unspecified atom stereocenters. The Hall–Kier alpha value is -4.27. The van der Waals surface area contributed by atoms with Crippen LogP contribution in [0.5, 0.6) is 0 Å². The van der Waals surface area contributed by atoms with Gasteiger partial charge in [-0.2, -0.15) is 5.10 Å². The Morgan fingerprint density at radius 3 is 2.74 bits per heavy atom. The van der Waals surface area contributed by atoms with Crippen molar-refractivity contribution in [2.24, 2.45) is 5.92 Å². The van der Waals surface area contributed by atoms with Crippen molar-refractivity contribution in [2.45, 2.75) is 19.3 Å². The molecular weight excluding hydrogens is 504 g/mol. The van der Waals surface area contributed by atoms with Gasteiger partial charge in [-0.25, -0.2) is 0 Å². The number of aromatic nitrogens is 4. The van der Waals surface area contributed by atoms with Crippen LogP contribution < -0.4 is 10.6 Å². The fraction of sp³-hybridized carbons (Fsp3) is 0.194. The summed E-state index contributed by atoms with van der Waals surface area (Å²) in [6.07, 6.45) is 6.19. The summed E-state index contributed by atoms with van der Waals surface area (Å²) >= 11 is 1.74. The van der Waals surface area contributed by atoms with Gasteiger partial charge in [0.25, 0.3) is 0 Å². The molecule has 1 aliphatic heterocycles. The highest BCUT2D eigenvalue weighted by Gasteiger charge is 2.18. The van der Waals surface area contributed by atoms with Gasteiger partial charge in [0.05, 0.1) is 23.1 Å². The van der Waals surface area contributed by atoms with Crippen LogP contribution >= 0.6 is 11.3 Å².